The number of hydrogen-bond donors (Lipinski definition) is 2. The number of amides is 1. The minimum Gasteiger partial charge on any atom is -0.604 e. The molecule has 2 aromatic rings. The molecular formula is C14H16NNaO4Si. The van der Waals surface area contributed by atoms with Gasteiger partial charge in [0.1, 0.15) is 0 Å². The van der Waals surface area contributed by atoms with Gasteiger partial charge in [-0.25, -0.2) is 0 Å². The van der Waals surface area contributed by atoms with Crippen molar-refractivity contribution in [3.63, 3.8) is 0 Å². The van der Waals surface area contributed by atoms with Gasteiger partial charge in [0.05, 0.1) is 0 Å². The van der Waals surface area contributed by atoms with E-state index in [4.69, 9.17) is 14.1 Å². The number of nitrogens with one attached hydrogen (secondary N) is 1. The van der Waals surface area contributed by atoms with Crippen LogP contribution < -0.4 is 39.7 Å². The summed E-state index contributed by atoms with van der Waals surface area (Å²) in [7, 11) is -3.38. The topological polar surface area (TPSA) is 89.5 Å². The molecule has 0 saturated carbocycles. The van der Waals surface area contributed by atoms with Crippen molar-refractivity contribution in [2.75, 3.05) is 6.54 Å². The van der Waals surface area contributed by atoms with E-state index in [1.165, 1.54) is 10.8 Å². The molecule has 2 aromatic carbocycles. The molecule has 7 heteroatoms. The van der Waals surface area contributed by atoms with Crippen molar-refractivity contribution < 1.29 is 48.4 Å². The van der Waals surface area contributed by atoms with E-state index in [0.29, 0.717) is 0 Å². The second kappa shape index (κ2) is 11.4. The van der Waals surface area contributed by atoms with Gasteiger partial charge in [-0.1, -0.05) is 48.5 Å². The Hall–Kier alpha value is -1.21. The molecule has 1 saturated heterocycles. The fraction of sp³-hybridized carbons (Fsp3) is 0.214. The van der Waals surface area contributed by atoms with E-state index in [2.05, 4.69) is 53.8 Å². The number of carbonyl (C=O) groups is 1. The number of fused-ring (bicyclic) bond motifs is 1. The van der Waals surface area contributed by atoms with Crippen LogP contribution in [0.4, 0.5) is 0 Å². The standard InChI is InChI=1S/C10H8.C4H7NO.Na.HO3Si/c1-2-6-10-8-4-3-7-9(10)5-1;6-4-2-1-3-5-4;;1-4(2)3/h1-8H;1-3H2,(H,5,6);;1H/q;;+1;-1. The second-order valence-corrected chi connectivity index (χ2v) is 4.60. The Kier molecular flexibility index (Phi) is 10.8. The van der Waals surface area contributed by atoms with Crippen LogP contribution in [0.2, 0.25) is 0 Å². The SMILES string of the molecule is O=C1CCCN1.O=[Si]([O-])O.[Na+].c1ccc2ccccc2c1. The first-order valence-corrected chi connectivity index (χ1v) is 7.46. The molecule has 106 valence electrons. The zero-order chi connectivity index (χ0) is 14.8. The molecule has 2 N–H and O–H groups in total. The summed E-state index contributed by atoms with van der Waals surface area (Å²) in [6, 6.07) is 16.7. The van der Waals surface area contributed by atoms with Gasteiger partial charge in [0.2, 0.25) is 5.91 Å². The fourth-order valence-corrected chi connectivity index (χ4v) is 1.70. The Morgan fingerprint density at radius 3 is 1.62 bits per heavy atom. The van der Waals surface area contributed by atoms with Crippen LogP contribution in [-0.2, 0) is 9.26 Å². The van der Waals surface area contributed by atoms with E-state index >= 15 is 0 Å². The van der Waals surface area contributed by atoms with Crippen LogP contribution >= 0.6 is 0 Å². The van der Waals surface area contributed by atoms with Crippen LogP contribution in [0.1, 0.15) is 12.8 Å². The third-order valence-electron chi connectivity index (χ3n) is 2.56. The van der Waals surface area contributed by atoms with Crippen molar-refractivity contribution in [1.29, 1.82) is 0 Å². The molecule has 0 aliphatic carbocycles. The minimum atomic E-state index is -3.38. The molecule has 3 rings (SSSR count). The van der Waals surface area contributed by atoms with Crippen molar-refractivity contribution in [2.45, 2.75) is 12.8 Å². The molecule has 0 atom stereocenters. The summed E-state index contributed by atoms with van der Waals surface area (Å²) >= 11 is 0. The van der Waals surface area contributed by atoms with Gasteiger partial charge in [-0.05, 0) is 17.2 Å². The van der Waals surface area contributed by atoms with Crippen LogP contribution in [0, 0.1) is 0 Å². The van der Waals surface area contributed by atoms with E-state index < -0.39 is 9.17 Å². The molecule has 1 heterocycles. The Balaban J connectivity index is 0.000000315. The molecule has 1 aliphatic heterocycles. The predicted molar refractivity (Wildman–Crippen MR) is 74.9 cm³/mol. The van der Waals surface area contributed by atoms with Crippen molar-refractivity contribution in [1.82, 2.24) is 5.32 Å². The molecule has 5 nitrogen and oxygen atoms in total. The van der Waals surface area contributed by atoms with E-state index in [1.807, 2.05) is 0 Å². The van der Waals surface area contributed by atoms with Gasteiger partial charge in [-0.15, -0.1) is 0 Å². The third-order valence-corrected chi connectivity index (χ3v) is 2.56. The van der Waals surface area contributed by atoms with Crippen LogP contribution in [0.25, 0.3) is 10.8 Å². The van der Waals surface area contributed by atoms with Crippen molar-refractivity contribution in [3.8, 4) is 0 Å². The molecule has 1 amide bonds. The molecule has 0 aromatic heterocycles. The normalized spacial score (nSPS) is 11.9. The monoisotopic (exact) mass is 313 g/mol. The summed E-state index contributed by atoms with van der Waals surface area (Å²) in [6.07, 6.45) is 1.76. The average molecular weight is 313 g/mol. The quantitative estimate of drug-likeness (QED) is 0.526. The van der Waals surface area contributed by atoms with E-state index in [1.54, 1.807) is 0 Å². The zero-order valence-electron chi connectivity index (χ0n) is 11.9. The van der Waals surface area contributed by atoms with Crippen LogP contribution in [0.5, 0.6) is 0 Å². The molecule has 1 fully saturated rings. The number of benzene rings is 2. The second-order valence-electron chi connectivity index (χ2n) is 4.07. The van der Waals surface area contributed by atoms with Crippen molar-refractivity contribution >= 4 is 25.8 Å². The molecule has 21 heavy (non-hydrogen) atoms. The molecule has 0 spiro atoms. The predicted octanol–water partition coefficient (Wildman–Crippen LogP) is -2.51. The summed E-state index contributed by atoms with van der Waals surface area (Å²) in [5, 5.41) is 5.30. The van der Waals surface area contributed by atoms with Crippen LogP contribution in [0.15, 0.2) is 48.5 Å². The van der Waals surface area contributed by atoms with E-state index in [0.717, 1.165) is 19.4 Å². The summed E-state index contributed by atoms with van der Waals surface area (Å²) < 4.78 is 8.63. The first kappa shape index (κ1) is 19.8. The summed E-state index contributed by atoms with van der Waals surface area (Å²) in [5.74, 6) is 0.204. The average Bonchev–Trinajstić information content (AvgIpc) is 2.90. The summed E-state index contributed by atoms with van der Waals surface area (Å²) in [6.45, 7) is 0.888. The molecular weight excluding hydrogens is 297 g/mol. The maximum atomic E-state index is 10.1. The van der Waals surface area contributed by atoms with Crippen molar-refractivity contribution in [2.24, 2.45) is 0 Å². The zero-order valence-corrected chi connectivity index (χ0v) is 14.9. The van der Waals surface area contributed by atoms with Gasteiger partial charge in [0, 0.05) is 13.0 Å². The molecule has 1 aliphatic rings. The molecule has 0 bridgehead atoms. The Labute approximate surface area is 147 Å². The molecule has 0 unspecified atom stereocenters. The Morgan fingerprint density at radius 2 is 1.43 bits per heavy atom. The minimum absolute atomic E-state index is 0. The number of rotatable bonds is 0. The number of carbonyl (C=O) groups excluding carboxylic acids is 1. The van der Waals surface area contributed by atoms with E-state index in [9.17, 15) is 4.79 Å². The van der Waals surface area contributed by atoms with Crippen LogP contribution in [0.3, 0.4) is 0 Å². The summed E-state index contributed by atoms with van der Waals surface area (Å²) in [4.78, 5) is 25.8. The third kappa shape index (κ3) is 9.36. The first-order chi connectivity index (χ1) is 9.59. The van der Waals surface area contributed by atoms with Gasteiger partial charge in [-0.2, -0.15) is 0 Å². The maximum Gasteiger partial charge on any atom is 1.00 e. The largest absolute Gasteiger partial charge is 1.00 e. The van der Waals surface area contributed by atoms with E-state index in [-0.39, 0.29) is 35.5 Å². The van der Waals surface area contributed by atoms with Gasteiger partial charge < -0.3 is 19.4 Å². The Bertz CT molecular complexity index is 502. The van der Waals surface area contributed by atoms with Crippen LogP contribution in [-0.4, -0.2) is 26.4 Å². The maximum absolute atomic E-state index is 10.1. The first-order valence-electron chi connectivity index (χ1n) is 6.20. The number of hydrogen-bond acceptors (Lipinski definition) is 3. The van der Waals surface area contributed by atoms with Gasteiger partial charge >= 0.3 is 38.7 Å². The molecule has 0 radical (unpaired) electrons. The van der Waals surface area contributed by atoms with Crippen molar-refractivity contribution in [3.05, 3.63) is 48.5 Å². The fourth-order valence-electron chi connectivity index (χ4n) is 1.70. The smallest absolute Gasteiger partial charge is 0.604 e. The Morgan fingerprint density at radius 1 is 1.05 bits per heavy atom. The summed E-state index contributed by atoms with van der Waals surface area (Å²) in [5.41, 5.74) is 0. The van der Waals surface area contributed by atoms with Gasteiger partial charge in [-0.3, -0.25) is 4.79 Å². The van der Waals surface area contributed by atoms with Gasteiger partial charge in [0.15, 0.2) is 0 Å². The van der Waals surface area contributed by atoms with Gasteiger partial charge in [0.25, 0.3) is 0 Å².